The van der Waals surface area contributed by atoms with Gasteiger partial charge in [0.2, 0.25) is 0 Å². The first-order valence-electron chi connectivity index (χ1n) is 3.98. The number of carbonyl (C=O) groups is 1. The molecule has 1 aromatic heterocycles. The van der Waals surface area contributed by atoms with Crippen LogP contribution < -0.4 is 0 Å². The minimum absolute atomic E-state index is 0.217. The van der Waals surface area contributed by atoms with Crippen molar-refractivity contribution in [2.24, 2.45) is 0 Å². The van der Waals surface area contributed by atoms with Crippen molar-refractivity contribution in [2.75, 3.05) is 0 Å². The van der Waals surface area contributed by atoms with Gasteiger partial charge in [0.05, 0.1) is 4.88 Å². The minimum Gasteiger partial charge on any atom is -0.298 e. The molecule has 1 heterocycles. The summed E-state index contributed by atoms with van der Waals surface area (Å²) < 4.78 is 14.5. The zero-order valence-electron chi connectivity index (χ0n) is 7.09. The van der Waals surface area contributed by atoms with Crippen molar-refractivity contribution in [3.8, 4) is 0 Å². The maximum absolute atomic E-state index is 13.6. The summed E-state index contributed by atoms with van der Waals surface area (Å²) in [4.78, 5) is 11.2. The Balaban J connectivity index is 2.73. The highest BCUT2D eigenvalue weighted by molar-refractivity contribution is 9.08. The molecule has 0 fully saturated rings. The van der Waals surface area contributed by atoms with Crippen molar-refractivity contribution < 1.29 is 9.18 Å². The molecule has 2 aromatic rings. The van der Waals surface area contributed by atoms with Crippen LogP contribution in [-0.4, -0.2) is 6.29 Å². The summed E-state index contributed by atoms with van der Waals surface area (Å²) in [6.45, 7) is 0. The molecule has 14 heavy (non-hydrogen) atoms. The monoisotopic (exact) mass is 272 g/mol. The second-order valence-electron chi connectivity index (χ2n) is 2.85. The number of rotatable bonds is 2. The Morgan fingerprint density at radius 3 is 2.93 bits per heavy atom. The van der Waals surface area contributed by atoms with Gasteiger partial charge >= 0.3 is 0 Å². The second kappa shape index (κ2) is 3.79. The van der Waals surface area contributed by atoms with E-state index in [0.717, 1.165) is 11.0 Å². The van der Waals surface area contributed by atoms with E-state index in [1.54, 1.807) is 18.2 Å². The first-order valence-corrected chi connectivity index (χ1v) is 5.92. The molecule has 72 valence electrons. The van der Waals surface area contributed by atoms with Crippen LogP contribution in [-0.2, 0) is 5.33 Å². The number of alkyl halides is 1. The molecule has 0 aliphatic heterocycles. The summed E-state index contributed by atoms with van der Waals surface area (Å²) in [5, 5.41) is 1.04. The number of carbonyl (C=O) groups excluding carboxylic acids is 1. The van der Waals surface area contributed by atoms with Crippen LogP contribution in [0.25, 0.3) is 10.1 Å². The Kier molecular flexibility index (Phi) is 2.65. The molecule has 0 N–H and O–H groups in total. The van der Waals surface area contributed by atoms with Gasteiger partial charge in [-0.25, -0.2) is 4.39 Å². The number of hydrogen-bond donors (Lipinski definition) is 0. The molecule has 0 atom stereocenters. The predicted molar refractivity (Wildman–Crippen MR) is 59.8 cm³/mol. The first-order chi connectivity index (χ1) is 6.76. The van der Waals surface area contributed by atoms with E-state index in [1.807, 2.05) is 0 Å². The van der Waals surface area contributed by atoms with Crippen LogP contribution in [0.15, 0.2) is 18.2 Å². The van der Waals surface area contributed by atoms with Crippen molar-refractivity contribution in [1.29, 1.82) is 0 Å². The van der Waals surface area contributed by atoms with Gasteiger partial charge in [0, 0.05) is 21.0 Å². The lowest BCUT2D eigenvalue weighted by atomic mass is 10.2. The molecule has 0 saturated heterocycles. The van der Waals surface area contributed by atoms with Gasteiger partial charge in [0.15, 0.2) is 0 Å². The fourth-order valence-corrected chi connectivity index (χ4v) is 2.80. The van der Waals surface area contributed by atoms with Crippen molar-refractivity contribution >= 4 is 43.6 Å². The highest BCUT2D eigenvalue weighted by atomic mass is 79.9. The van der Waals surface area contributed by atoms with Crippen LogP contribution in [0.5, 0.6) is 0 Å². The van der Waals surface area contributed by atoms with E-state index in [-0.39, 0.29) is 5.82 Å². The smallest absolute Gasteiger partial charge is 0.150 e. The normalized spacial score (nSPS) is 10.7. The van der Waals surface area contributed by atoms with Crippen molar-refractivity contribution in [2.45, 2.75) is 5.33 Å². The van der Waals surface area contributed by atoms with Gasteiger partial charge < -0.3 is 0 Å². The molecule has 0 unspecified atom stereocenters. The maximum Gasteiger partial charge on any atom is 0.150 e. The number of thiophene rings is 1. The largest absolute Gasteiger partial charge is 0.298 e. The SMILES string of the molecule is O=Cc1ccc2sc(CBr)c(F)c2c1. The Bertz CT molecular complexity index is 492. The van der Waals surface area contributed by atoms with E-state index in [2.05, 4.69) is 15.9 Å². The van der Waals surface area contributed by atoms with Crippen LogP contribution in [0.1, 0.15) is 15.2 Å². The van der Waals surface area contributed by atoms with Crippen molar-refractivity contribution in [3.63, 3.8) is 0 Å². The quantitative estimate of drug-likeness (QED) is 0.601. The van der Waals surface area contributed by atoms with E-state index in [9.17, 15) is 9.18 Å². The van der Waals surface area contributed by atoms with Crippen molar-refractivity contribution in [1.82, 2.24) is 0 Å². The fourth-order valence-electron chi connectivity index (χ4n) is 1.30. The summed E-state index contributed by atoms with van der Waals surface area (Å²) in [5.41, 5.74) is 0.510. The summed E-state index contributed by atoms with van der Waals surface area (Å²) in [5.74, 6) is -0.217. The van der Waals surface area contributed by atoms with Gasteiger partial charge in [0.25, 0.3) is 0 Å². The number of aldehydes is 1. The molecule has 1 nitrogen and oxygen atoms in total. The topological polar surface area (TPSA) is 17.1 Å². The molecule has 0 radical (unpaired) electrons. The van der Waals surface area contributed by atoms with Gasteiger partial charge in [-0.2, -0.15) is 0 Å². The third-order valence-electron chi connectivity index (χ3n) is 1.98. The van der Waals surface area contributed by atoms with Gasteiger partial charge in [-0.15, -0.1) is 11.3 Å². The van der Waals surface area contributed by atoms with Gasteiger partial charge in [-0.1, -0.05) is 22.0 Å². The van der Waals surface area contributed by atoms with Crippen LogP contribution in [0.4, 0.5) is 4.39 Å². The molecule has 1 aromatic carbocycles. The molecular weight excluding hydrogens is 267 g/mol. The van der Waals surface area contributed by atoms with Crippen LogP contribution in [0.2, 0.25) is 0 Å². The predicted octanol–water partition coefficient (Wildman–Crippen LogP) is 3.75. The second-order valence-corrected chi connectivity index (χ2v) is 4.54. The molecule has 0 saturated carbocycles. The molecular formula is C10H6BrFOS. The molecule has 4 heteroatoms. The van der Waals surface area contributed by atoms with E-state index in [1.165, 1.54) is 11.3 Å². The Labute approximate surface area is 92.7 Å². The lowest BCUT2D eigenvalue weighted by Crippen LogP contribution is -1.79. The molecule has 0 spiro atoms. The fraction of sp³-hybridized carbons (Fsp3) is 0.100. The molecule has 0 aliphatic rings. The standard InChI is InChI=1S/C10H6BrFOS/c11-4-9-10(12)7-3-6(5-13)1-2-8(7)14-9/h1-3,5H,4H2. The molecule has 0 bridgehead atoms. The lowest BCUT2D eigenvalue weighted by Gasteiger charge is -1.91. The maximum atomic E-state index is 13.6. The summed E-state index contributed by atoms with van der Waals surface area (Å²) in [6.07, 6.45) is 0.727. The molecule has 0 amide bonds. The molecule has 0 aliphatic carbocycles. The van der Waals surface area contributed by atoms with Crippen molar-refractivity contribution in [3.05, 3.63) is 34.5 Å². The Morgan fingerprint density at radius 2 is 2.29 bits per heavy atom. The lowest BCUT2D eigenvalue weighted by molar-refractivity contribution is 0.112. The number of halogens is 2. The average molecular weight is 273 g/mol. The number of benzene rings is 1. The Hall–Kier alpha value is -0.740. The van der Waals surface area contributed by atoms with Gasteiger partial charge in [-0.05, 0) is 12.1 Å². The third-order valence-corrected chi connectivity index (χ3v) is 4.05. The van der Waals surface area contributed by atoms with Crippen LogP contribution >= 0.6 is 27.3 Å². The zero-order valence-corrected chi connectivity index (χ0v) is 9.49. The third kappa shape index (κ3) is 1.48. The van der Waals surface area contributed by atoms with Gasteiger partial charge in [0.1, 0.15) is 12.1 Å². The van der Waals surface area contributed by atoms with E-state index >= 15 is 0 Å². The summed E-state index contributed by atoms with van der Waals surface area (Å²) >= 11 is 4.63. The van der Waals surface area contributed by atoms with E-state index < -0.39 is 0 Å². The van der Waals surface area contributed by atoms with Crippen LogP contribution in [0.3, 0.4) is 0 Å². The van der Waals surface area contributed by atoms with E-state index in [0.29, 0.717) is 21.2 Å². The molecule has 2 rings (SSSR count). The summed E-state index contributed by atoms with van der Waals surface area (Å²) in [7, 11) is 0. The first kappa shape index (κ1) is 9.80. The highest BCUT2D eigenvalue weighted by Gasteiger charge is 2.10. The zero-order chi connectivity index (χ0) is 10.1. The highest BCUT2D eigenvalue weighted by Crippen LogP contribution is 2.31. The summed E-state index contributed by atoms with van der Waals surface area (Å²) in [6, 6.07) is 5.06. The number of fused-ring (bicyclic) bond motifs is 1. The van der Waals surface area contributed by atoms with E-state index in [4.69, 9.17) is 0 Å². The Morgan fingerprint density at radius 1 is 1.50 bits per heavy atom. The van der Waals surface area contributed by atoms with Gasteiger partial charge in [-0.3, -0.25) is 4.79 Å². The minimum atomic E-state index is -0.217. The average Bonchev–Trinajstić information content (AvgIpc) is 2.55. The van der Waals surface area contributed by atoms with Crippen LogP contribution in [0, 0.1) is 5.82 Å². The number of hydrogen-bond acceptors (Lipinski definition) is 2.